The number of hydrogen-bond acceptors (Lipinski definition) is 6. The molecular formula is C29H29F2N5O3. The van der Waals surface area contributed by atoms with Gasteiger partial charge in [-0.25, -0.2) is 29.6 Å². The van der Waals surface area contributed by atoms with Crippen molar-refractivity contribution >= 4 is 11.7 Å². The van der Waals surface area contributed by atoms with E-state index in [0.717, 1.165) is 31.2 Å². The van der Waals surface area contributed by atoms with E-state index in [0.29, 0.717) is 36.4 Å². The molecule has 0 radical (unpaired) electrons. The third kappa shape index (κ3) is 4.54. The topological polar surface area (TPSA) is 94.0 Å². The molecule has 0 spiro atoms. The number of esters is 1. The van der Waals surface area contributed by atoms with Crippen LogP contribution in [0.15, 0.2) is 35.9 Å². The van der Waals surface area contributed by atoms with Crippen molar-refractivity contribution in [3.63, 3.8) is 0 Å². The molecule has 1 aliphatic heterocycles. The van der Waals surface area contributed by atoms with Crippen LogP contribution in [0, 0.1) is 31.0 Å². The van der Waals surface area contributed by atoms with Crippen LogP contribution >= 0.6 is 0 Å². The van der Waals surface area contributed by atoms with Crippen LogP contribution in [0.4, 0.5) is 8.78 Å². The van der Waals surface area contributed by atoms with Crippen molar-refractivity contribution in [3.05, 3.63) is 81.4 Å². The number of aromatic nitrogens is 4. The van der Waals surface area contributed by atoms with Gasteiger partial charge in [-0.15, -0.1) is 5.10 Å². The van der Waals surface area contributed by atoms with Gasteiger partial charge in [-0.3, -0.25) is 0 Å². The summed E-state index contributed by atoms with van der Waals surface area (Å²) in [6.45, 7) is 9.24. The molecule has 10 heteroatoms. The van der Waals surface area contributed by atoms with Gasteiger partial charge < -0.3 is 14.7 Å². The number of hydrogen-bond donors (Lipinski definition) is 1. The molecule has 2 aromatic heterocycles. The Morgan fingerprint density at radius 3 is 2.59 bits per heavy atom. The fourth-order valence-electron chi connectivity index (χ4n) is 6.25. The number of carbonyl (C=O) groups excluding carboxylic acids is 1. The Morgan fingerprint density at radius 1 is 1.23 bits per heavy atom. The molecular weight excluding hydrogens is 504 g/mol. The fourth-order valence-corrected chi connectivity index (χ4v) is 6.25. The highest BCUT2D eigenvalue weighted by atomic mass is 19.1. The zero-order valence-electron chi connectivity index (χ0n) is 21.7. The molecule has 39 heavy (non-hydrogen) atoms. The Morgan fingerprint density at radius 2 is 1.95 bits per heavy atom. The van der Waals surface area contributed by atoms with Crippen molar-refractivity contribution in [2.45, 2.75) is 82.3 Å². The average molecular weight is 534 g/mol. The molecule has 1 aromatic carbocycles. The normalized spacial score (nSPS) is 22.8. The van der Waals surface area contributed by atoms with E-state index >= 15 is 0 Å². The first-order valence-corrected chi connectivity index (χ1v) is 13.4. The number of benzene rings is 1. The maximum atomic E-state index is 14.9. The quantitative estimate of drug-likeness (QED) is 0.319. The lowest BCUT2D eigenvalue weighted by molar-refractivity contribution is -0.167. The smallest absolute Gasteiger partial charge is 0.338 e. The molecule has 0 saturated heterocycles. The summed E-state index contributed by atoms with van der Waals surface area (Å²) in [5.74, 6) is -1.30. The summed E-state index contributed by atoms with van der Waals surface area (Å²) in [4.78, 5) is 25.4. The Bertz CT molecular complexity index is 1520. The van der Waals surface area contributed by atoms with Crippen molar-refractivity contribution in [1.82, 2.24) is 19.6 Å². The van der Waals surface area contributed by atoms with Gasteiger partial charge in [0, 0.05) is 38.1 Å². The SMILES string of the molecule is [C-]#[N+]C1(c2c(F)cc(CCC3(C4CCCC4)CC(O)=C(Cc4nc5ncc(C)cn5n4)C(=O)O3)cc2F)CC1. The van der Waals surface area contributed by atoms with E-state index in [1.807, 2.05) is 6.92 Å². The van der Waals surface area contributed by atoms with E-state index < -0.39 is 28.7 Å². The molecule has 3 aliphatic rings. The van der Waals surface area contributed by atoms with Crippen molar-refractivity contribution in [1.29, 1.82) is 0 Å². The number of rotatable bonds is 7. The van der Waals surface area contributed by atoms with Crippen molar-refractivity contribution in [2.24, 2.45) is 5.92 Å². The number of nitrogens with zero attached hydrogens (tertiary/aromatic N) is 5. The van der Waals surface area contributed by atoms with Gasteiger partial charge >= 0.3 is 5.97 Å². The second-order valence-electron chi connectivity index (χ2n) is 11.2. The first-order chi connectivity index (χ1) is 18.7. The standard InChI is InChI=1S/C29H29F2N5O3/c1-17-15-33-27-34-24(35-36(27)16-17)13-20-23(37)14-29(39-26(20)38,19-5-3-4-6-19)8-7-18-11-21(30)25(22(31)12-18)28(32-2)9-10-28/h11-12,15-16,19,37H,3-10,13-14H2,1H3. The molecule has 1 N–H and O–H groups in total. The van der Waals surface area contributed by atoms with Gasteiger partial charge in [0.25, 0.3) is 11.3 Å². The molecule has 2 saturated carbocycles. The summed E-state index contributed by atoms with van der Waals surface area (Å²) >= 11 is 0. The molecule has 0 bridgehead atoms. The largest absolute Gasteiger partial charge is 0.512 e. The van der Waals surface area contributed by atoms with Gasteiger partial charge in [0.2, 0.25) is 0 Å². The number of aliphatic hydroxyl groups is 1. The zero-order valence-corrected chi connectivity index (χ0v) is 21.7. The number of fused-ring (bicyclic) bond motifs is 1. The Balaban J connectivity index is 1.25. The molecule has 202 valence electrons. The summed E-state index contributed by atoms with van der Waals surface area (Å²) in [5.41, 5.74) is -0.722. The van der Waals surface area contributed by atoms with Crippen LogP contribution in [0.3, 0.4) is 0 Å². The second-order valence-corrected chi connectivity index (χ2v) is 11.2. The monoisotopic (exact) mass is 533 g/mol. The third-order valence-corrected chi connectivity index (χ3v) is 8.50. The molecule has 0 amide bonds. The van der Waals surface area contributed by atoms with E-state index in [4.69, 9.17) is 11.3 Å². The van der Waals surface area contributed by atoms with E-state index in [-0.39, 0.29) is 42.1 Å². The highest BCUT2D eigenvalue weighted by Gasteiger charge is 2.56. The summed E-state index contributed by atoms with van der Waals surface area (Å²) in [6, 6.07) is 2.59. The zero-order chi connectivity index (χ0) is 27.4. The molecule has 1 atom stereocenters. The van der Waals surface area contributed by atoms with Crippen molar-refractivity contribution in [2.75, 3.05) is 0 Å². The van der Waals surface area contributed by atoms with Gasteiger partial charge in [-0.2, -0.15) is 4.98 Å². The Hall–Kier alpha value is -3.87. The molecule has 2 aliphatic carbocycles. The molecule has 3 aromatic rings. The van der Waals surface area contributed by atoms with Crippen LogP contribution in [-0.2, 0) is 27.9 Å². The highest BCUT2D eigenvalue weighted by molar-refractivity contribution is 5.90. The average Bonchev–Trinajstić information content (AvgIpc) is 3.28. The summed E-state index contributed by atoms with van der Waals surface area (Å²) < 4.78 is 37.6. The van der Waals surface area contributed by atoms with Crippen molar-refractivity contribution < 1.29 is 23.4 Å². The number of carbonyl (C=O) groups is 1. The lowest BCUT2D eigenvalue weighted by Crippen LogP contribution is -2.46. The molecule has 2 fully saturated rings. The van der Waals surface area contributed by atoms with Gasteiger partial charge in [0.05, 0.1) is 5.57 Å². The Labute approximate surface area is 224 Å². The minimum absolute atomic E-state index is 0.00844. The lowest BCUT2D eigenvalue weighted by atomic mass is 9.76. The van der Waals surface area contributed by atoms with Crippen LogP contribution in [0.25, 0.3) is 10.6 Å². The van der Waals surface area contributed by atoms with E-state index in [1.165, 1.54) is 16.6 Å². The number of aliphatic hydroxyl groups excluding tert-OH is 1. The van der Waals surface area contributed by atoms with Gasteiger partial charge in [0.1, 0.15) is 28.6 Å². The van der Waals surface area contributed by atoms with E-state index in [2.05, 4.69) is 19.9 Å². The summed E-state index contributed by atoms with van der Waals surface area (Å²) in [6.07, 6.45) is 8.80. The molecule has 8 nitrogen and oxygen atoms in total. The number of cyclic esters (lactones) is 1. The minimum atomic E-state index is -1.08. The molecule has 3 heterocycles. The lowest BCUT2D eigenvalue weighted by Gasteiger charge is -2.41. The Kier molecular flexibility index (Phi) is 6.12. The van der Waals surface area contributed by atoms with Crippen LogP contribution in [0.5, 0.6) is 0 Å². The van der Waals surface area contributed by atoms with Gasteiger partial charge in [-0.05, 0) is 61.8 Å². The van der Waals surface area contributed by atoms with Crippen LogP contribution < -0.4 is 0 Å². The maximum absolute atomic E-state index is 14.9. The summed E-state index contributed by atoms with van der Waals surface area (Å²) in [5, 5.41) is 15.5. The fraction of sp³-hybridized carbons (Fsp3) is 0.483. The third-order valence-electron chi connectivity index (χ3n) is 8.50. The first kappa shape index (κ1) is 25.4. The highest BCUT2D eigenvalue weighted by Crippen LogP contribution is 2.52. The van der Waals surface area contributed by atoms with Gasteiger partial charge in [0.15, 0.2) is 5.82 Å². The number of halogens is 2. The summed E-state index contributed by atoms with van der Waals surface area (Å²) in [7, 11) is 0. The maximum Gasteiger partial charge on any atom is 0.338 e. The van der Waals surface area contributed by atoms with Crippen molar-refractivity contribution in [3.8, 4) is 0 Å². The number of ether oxygens (including phenoxy) is 1. The van der Waals surface area contributed by atoms with Crippen LogP contribution in [-0.4, -0.2) is 36.3 Å². The second kappa shape index (κ2) is 9.40. The predicted molar refractivity (Wildman–Crippen MR) is 136 cm³/mol. The predicted octanol–water partition coefficient (Wildman–Crippen LogP) is 5.48. The molecule has 1 unspecified atom stereocenters. The first-order valence-electron chi connectivity index (χ1n) is 13.4. The van der Waals surface area contributed by atoms with E-state index in [9.17, 15) is 18.7 Å². The molecule has 6 rings (SSSR count). The van der Waals surface area contributed by atoms with E-state index in [1.54, 1.807) is 12.4 Å². The van der Waals surface area contributed by atoms with Crippen LogP contribution in [0.1, 0.15) is 73.9 Å². The minimum Gasteiger partial charge on any atom is -0.512 e. The number of aryl methyl sites for hydroxylation is 2. The van der Waals surface area contributed by atoms with Crippen LogP contribution in [0.2, 0.25) is 0 Å². The van der Waals surface area contributed by atoms with Gasteiger partial charge in [-0.1, -0.05) is 12.8 Å².